The number of benzene rings is 1. The molecule has 0 radical (unpaired) electrons. The van der Waals surface area contributed by atoms with E-state index in [1.807, 2.05) is 38.1 Å². The summed E-state index contributed by atoms with van der Waals surface area (Å²) < 4.78 is 15.7. The molecule has 1 rings (SSSR count). The molecule has 0 aliphatic carbocycles. The maximum Gasteiger partial charge on any atom is 0.331 e. The quantitative estimate of drug-likeness (QED) is 0.784. The average Bonchev–Trinajstić information content (AvgIpc) is 2.46. The first kappa shape index (κ1) is 17.3. The summed E-state index contributed by atoms with van der Waals surface area (Å²) in [4.78, 5) is 12.3. The van der Waals surface area contributed by atoms with Crippen molar-refractivity contribution in [3.63, 3.8) is 0 Å². The molecule has 0 aliphatic rings. The van der Waals surface area contributed by atoms with Crippen LogP contribution in [0.1, 0.15) is 27.2 Å². The van der Waals surface area contributed by atoms with E-state index in [2.05, 4.69) is 5.32 Å². The van der Waals surface area contributed by atoms with Crippen molar-refractivity contribution in [2.45, 2.75) is 38.3 Å². The highest BCUT2D eigenvalue weighted by Gasteiger charge is 2.40. The number of ether oxygens (including phenoxy) is 3. The van der Waals surface area contributed by atoms with Crippen LogP contribution in [0.2, 0.25) is 0 Å². The molecule has 0 saturated heterocycles. The standard InChI is InChI=1S/C16H25NO4/c1-15(2,21-6)11-16(3,14(18)20-5)17-12-9-7-8-10-13(12)19-4/h7-10,17H,11H2,1-6H3. The van der Waals surface area contributed by atoms with Gasteiger partial charge in [0.15, 0.2) is 0 Å². The first-order valence-electron chi connectivity index (χ1n) is 6.83. The molecule has 1 aromatic carbocycles. The number of anilines is 1. The van der Waals surface area contributed by atoms with Crippen molar-refractivity contribution in [1.29, 1.82) is 0 Å². The number of carbonyl (C=O) groups excluding carboxylic acids is 1. The van der Waals surface area contributed by atoms with Gasteiger partial charge in [-0.1, -0.05) is 12.1 Å². The molecule has 1 N–H and O–H groups in total. The van der Waals surface area contributed by atoms with Gasteiger partial charge in [-0.25, -0.2) is 4.79 Å². The number of methoxy groups -OCH3 is 3. The Kier molecular flexibility index (Phi) is 5.61. The molecular weight excluding hydrogens is 270 g/mol. The minimum absolute atomic E-state index is 0.349. The van der Waals surface area contributed by atoms with Gasteiger partial charge < -0.3 is 19.5 Å². The van der Waals surface area contributed by atoms with Gasteiger partial charge in [-0.2, -0.15) is 0 Å². The lowest BCUT2D eigenvalue weighted by molar-refractivity contribution is -0.148. The number of para-hydroxylation sites is 2. The van der Waals surface area contributed by atoms with Gasteiger partial charge in [-0.3, -0.25) is 0 Å². The van der Waals surface area contributed by atoms with Gasteiger partial charge in [-0.15, -0.1) is 0 Å². The fourth-order valence-electron chi connectivity index (χ4n) is 2.36. The highest BCUT2D eigenvalue weighted by Crippen LogP contribution is 2.32. The summed E-state index contributed by atoms with van der Waals surface area (Å²) in [5, 5.41) is 3.24. The lowest BCUT2D eigenvalue weighted by atomic mass is 9.87. The van der Waals surface area contributed by atoms with Crippen LogP contribution in [-0.4, -0.2) is 38.4 Å². The Balaban J connectivity index is 3.11. The van der Waals surface area contributed by atoms with Crippen LogP contribution >= 0.6 is 0 Å². The second-order valence-electron chi connectivity index (χ2n) is 5.79. The third kappa shape index (κ3) is 4.36. The third-order valence-electron chi connectivity index (χ3n) is 3.49. The fraction of sp³-hybridized carbons (Fsp3) is 0.562. The van der Waals surface area contributed by atoms with Crippen LogP contribution in [0.25, 0.3) is 0 Å². The molecule has 0 saturated carbocycles. The number of rotatable bonds is 7. The van der Waals surface area contributed by atoms with Gasteiger partial charge in [0.2, 0.25) is 0 Å². The molecule has 0 amide bonds. The lowest BCUT2D eigenvalue weighted by Crippen LogP contribution is -2.49. The van der Waals surface area contributed by atoms with Gasteiger partial charge in [0.1, 0.15) is 11.3 Å². The van der Waals surface area contributed by atoms with Gasteiger partial charge >= 0.3 is 5.97 Å². The molecule has 1 aromatic rings. The summed E-state index contributed by atoms with van der Waals surface area (Å²) >= 11 is 0. The first-order chi connectivity index (χ1) is 9.78. The molecule has 0 aliphatic heterocycles. The number of carbonyl (C=O) groups is 1. The van der Waals surface area contributed by atoms with E-state index < -0.39 is 11.1 Å². The SMILES string of the molecule is COC(=O)C(C)(CC(C)(C)OC)Nc1ccccc1OC. The maximum absolute atomic E-state index is 12.3. The van der Waals surface area contributed by atoms with Crippen LogP contribution in [0.4, 0.5) is 5.69 Å². The smallest absolute Gasteiger partial charge is 0.331 e. The minimum Gasteiger partial charge on any atom is -0.495 e. The molecule has 0 heterocycles. The van der Waals surface area contributed by atoms with Crippen molar-refractivity contribution in [1.82, 2.24) is 0 Å². The molecule has 0 bridgehead atoms. The summed E-state index contributed by atoms with van der Waals surface area (Å²) in [5.41, 5.74) is -0.666. The molecule has 5 nitrogen and oxygen atoms in total. The van der Waals surface area contributed by atoms with Crippen molar-refractivity contribution >= 4 is 11.7 Å². The summed E-state index contributed by atoms with van der Waals surface area (Å²) in [6.07, 6.45) is 0.446. The van der Waals surface area contributed by atoms with Crippen LogP contribution in [0.15, 0.2) is 24.3 Å². The topological polar surface area (TPSA) is 56.8 Å². The van der Waals surface area contributed by atoms with E-state index in [0.29, 0.717) is 12.2 Å². The molecule has 0 aromatic heterocycles. The highest BCUT2D eigenvalue weighted by molar-refractivity contribution is 5.84. The molecule has 0 fully saturated rings. The summed E-state index contributed by atoms with van der Waals surface area (Å²) in [5.74, 6) is 0.321. The van der Waals surface area contributed by atoms with Crippen molar-refractivity contribution in [2.24, 2.45) is 0 Å². The Morgan fingerprint density at radius 3 is 2.29 bits per heavy atom. The van der Waals surface area contributed by atoms with Crippen LogP contribution < -0.4 is 10.1 Å². The van der Waals surface area contributed by atoms with Crippen molar-refractivity contribution in [3.05, 3.63) is 24.3 Å². The summed E-state index contributed by atoms with van der Waals surface area (Å²) in [6.45, 7) is 5.65. The van der Waals surface area contributed by atoms with Gasteiger partial charge in [0.05, 0.1) is 25.5 Å². The van der Waals surface area contributed by atoms with Gasteiger partial charge in [-0.05, 0) is 32.9 Å². The number of nitrogens with one attached hydrogen (secondary N) is 1. The predicted molar refractivity (Wildman–Crippen MR) is 82.7 cm³/mol. The van der Waals surface area contributed by atoms with Crippen LogP contribution in [0, 0.1) is 0 Å². The van der Waals surface area contributed by atoms with Crippen molar-refractivity contribution < 1.29 is 19.0 Å². The van der Waals surface area contributed by atoms with Crippen molar-refractivity contribution in [3.8, 4) is 5.75 Å². The Labute approximate surface area is 126 Å². The first-order valence-corrected chi connectivity index (χ1v) is 6.83. The second-order valence-corrected chi connectivity index (χ2v) is 5.79. The molecule has 1 unspecified atom stereocenters. The Bertz CT molecular complexity index is 487. The zero-order valence-electron chi connectivity index (χ0n) is 13.6. The number of hydrogen-bond acceptors (Lipinski definition) is 5. The summed E-state index contributed by atoms with van der Waals surface area (Å²) in [7, 11) is 4.60. The van der Waals surface area contributed by atoms with Crippen molar-refractivity contribution in [2.75, 3.05) is 26.6 Å². The normalized spacial score (nSPS) is 14.2. The van der Waals surface area contributed by atoms with E-state index in [9.17, 15) is 4.79 Å². The molecule has 1 atom stereocenters. The van der Waals surface area contributed by atoms with Crippen LogP contribution in [0.5, 0.6) is 5.75 Å². The Morgan fingerprint density at radius 1 is 1.14 bits per heavy atom. The van der Waals surface area contributed by atoms with E-state index in [1.165, 1.54) is 7.11 Å². The zero-order valence-corrected chi connectivity index (χ0v) is 13.6. The largest absolute Gasteiger partial charge is 0.495 e. The molecule has 5 heteroatoms. The average molecular weight is 295 g/mol. The fourth-order valence-corrected chi connectivity index (χ4v) is 2.36. The third-order valence-corrected chi connectivity index (χ3v) is 3.49. The van der Waals surface area contributed by atoms with E-state index in [0.717, 1.165) is 5.69 Å². The molecular formula is C16H25NO4. The predicted octanol–water partition coefficient (Wildman–Crippen LogP) is 2.85. The molecule has 118 valence electrons. The monoisotopic (exact) mass is 295 g/mol. The molecule has 0 spiro atoms. The van der Waals surface area contributed by atoms with E-state index in [4.69, 9.17) is 14.2 Å². The van der Waals surface area contributed by atoms with E-state index in [1.54, 1.807) is 21.1 Å². The van der Waals surface area contributed by atoms with Gasteiger partial charge in [0, 0.05) is 13.5 Å². The Hall–Kier alpha value is -1.75. The van der Waals surface area contributed by atoms with E-state index in [-0.39, 0.29) is 5.97 Å². The van der Waals surface area contributed by atoms with Crippen LogP contribution in [0.3, 0.4) is 0 Å². The molecule has 21 heavy (non-hydrogen) atoms. The van der Waals surface area contributed by atoms with Gasteiger partial charge in [0.25, 0.3) is 0 Å². The minimum atomic E-state index is -0.928. The summed E-state index contributed by atoms with van der Waals surface area (Å²) in [6, 6.07) is 7.45. The zero-order chi connectivity index (χ0) is 16.1. The number of hydrogen-bond donors (Lipinski definition) is 1. The van der Waals surface area contributed by atoms with E-state index >= 15 is 0 Å². The second kappa shape index (κ2) is 6.80. The lowest BCUT2D eigenvalue weighted by Gasteiger charge is -2.36. The Morgan fingerprint density at radius 2 is 1.76 bits per heavy atom. The van der Waals surface area contributed by atoms with Crippen LogP contribution in [-0.2, 0) is 14.3 Å². The number of esters is 1. The highest BCUT2D eigenvalue weighted by atomic mass is 16.5. The maximum atomic E-state index is 12.3.